The first kappa shape index (κ1) is 17.1. The van der Waals surface area contributed by atoms with Crippen molar-refractivity contribution in [2.75, 3.05) is 5.32 Å². The van der Waals surface area contributed by atoms with Gasteiger partial charge in [0.25, 0.3) is 0 Å². The Morgan fingerprint density at radius 2 is 1.31 bits per heavy atom. The summed E-state index contributed by atoms with van der Waals surface area (Å²) >= 11 is 12.4. The molecule has 0 aromatic heterocycles. The number of carbonyl (C=O) groups excluding carboxylic acids is 1. The Morgan fingerprint density at radius 3 is 1.81 bits per heavy atom. The van der Waals surface area contributed by atoms with Gasteiger partial charge in [-0.05, 0) is 29.7 Å². The lowest BCUT2D eigenvalue weighted by atomic mass is 9.85. The predicted octanol–water partition coefficient (Wildman–Crippen LogP) is 5.94. The summed E-state index contributed by atoms with van der Waals surface area (Å²) in [5.74, 6) is -0.229. The molecule has 1 atom stereocenters. The van der Waals surface area contributed by atoms with Crippen LogP contribution in [0.4, 0.5) is 5.69 Å². The second kappa shape index (κ2) is 6.79. The zero-order chi connectivity index (χ0) is 18.1. The van der Waals surface area contributed by atoms with Gasteiger partial charge in [0.15, 0.2) is 0 Å². The van der Waals surface area contributed by atoms with Crippen LogP contribution in [0.5, 0.6) is 0 Å². The Hall–Kier alpha value is -2.29. The molecule has 3 aromatic carbocycles. The maximum atomic E-state index is 13.0. The van der Waals surface area contributed by atoms with Gasteiger partial charge in [-0.2, -0.15) is 0 Å². The Kier molecular flexibility index (Phi) is 4.47. The highest BCUT2D eigenvalue weighted by Gasteiger charge is 2.60. The van der Waals surface area contributed by atoms with Crippen LogP contribution < -0.4 is 5.32 Å². The summed E-state index contributed by atoms with van der Waals surface area (Å²) in [6.07, 6.45) is 0.759. The molecule has 0 aliphatic heterocycles. The van der Waals surface area contributed by atoms with Crippen LogP contribution in [0.1, 0.15) is 17.5 Å². The van der Waals surface area contributed by atoms with Gasteiger partial charge in [-0.1, -0.05) is 89.9 Å². The molecule has 4 heteroatoms. The van der Waals surface area contributed by atoms with Crippen LogP contribution in [0.3, 0.4) is 0 Å². The molecule has 1 saturated carbocycles. The van der Waals surface area contributed by atoms with Gasteiger partial charge in [-0.25, -0.2) is 0 Å². The molecule has 0 spiro atoms. The lowest BCUT2D eigenvalue weighted by Crippen LogP contribution is -2.22. The molecule has 0 unspecified atom stereocenters. The fourth-order valence-electron chi connectivity index (χ4n) is 3.68. The zero-order valence-corrected chi connectivity index (χ0v) is 15.5. The fraction of sp³-hybridized carbons (Fsp3) is 0.136. The van der Waals surface area contributed by atoms with Gasteiger partial charge in [0.2, 0.25) is 5.91 Å². The standard InChI is InChI=1S/C22H17Cl2NO/c23-18-12-7-13-19(24)20(18)25-21(26)17-14-22(17,15-8-3-1-4-9-15)16-10-5-2-6-11-16/h1-13,17H,14H2,(H,25,26)/t17-/m0/s1. The van der Waals surface area contributed by atoms with E-state index in [-0.39, 0.29) is 17.2 Å². The number of rotatable bonds is 4. The van der Waals surface area contributed by atoms with Crippen molar-refractivity contribution in [1.82, 2.24) is 0 Å². The zero-order valence-electron chi connectivity index (χ0n) is 14.0. The molecule has 1 aliphatic rings. The third kappa shape index (κ3) is 2.90. The molecule has 1 amide bonds. The minimum Gasteiger partial charge on any atom is -0.323 e. The maximum Gasteiger partial charge on any atom is 0.228 e. The normalized spacial score (nSPS) is 17.5. The molecule has 0 saturated heterocycles. The molecule has 2 nitrogen and oxygen atoms in total. The third-order valence-electron chi connectivity index (χ3n) is 5.07. The number of nitrogens with one attached hydrogen (secondary N) is 1. The van der Waals surface area contributed by atoms with Crippen molar-refractivity contribution in [3.63, 3.8) is 0 Å². The van der Waals surface area contributed by atoms with Crippen molar-refractivity contribution in [2.24, 2.45) is 5.92 Å². The van der Waals surface area contributed by atoms with E-state index >= 15 is 0 Å². The van der Waals surface area contributed by atoms with E-state index in [9.17, 15) is 4.79 Å². The average molecular weight is 382 g/mol. The molecule has 3 aromatic rings. The molecule has 1 N–H and O–H groups in total. The summed E-state index contributed by atoms with van der Waals surface area (Å²) in [4.78, 5) is 13.0. The van der Waals surface area contributed by atoms with E-state index in [0.29, 0.717) is 15.7 Å². The number of para-hydroxylation sites is 1. The first-order valence-corrected chi connectivity index (χ1v) is 9.24. The number of hydrogen-bond acceptors (Lipinski definition) is 1. The van der Waals surface area contributed by atoms with E-state index in [0.717, 1.165) is 17.5 Å². The van der Waals surface area contributed by atoms with Crippen LogP contribution in [-0.4, -0.2) is 5.91 Å². The van der Waals surface area contributed by atoms with Gasteiger partial charge in [0.1, 0.15) is 0 Å². The number of amides is 1. The monoisotopic (exact) mass is 381 g/mol. The van der Waals surface area contributed by atoms with Crippen molar-refractivity contribution in [1.29, 1.82) is 0 Å². The number of carbonyl (C=O) groups is 1. The summed E-state index contributed by atoms with van der Waals surface area (Å²) in [5, 5.41) is 3.81. The lowest BCUT2D eigenvalue weighted by molar-refractivity contribution is -0.117. The summed E-state index contributed by atoms with van der Waals surface area (Å²) in [6, 6.07) is 25.6. The van der Waals surface area contributed by atoms with Gasteiger partial charge in [-0.15, -0.1) is 0 Å². The Labute approximate surface area is 162 Å². The molecule has 1 fully saturated rings. The molecule has 130 valence electrons. The van der Waals surface area contributed by atoms with E-state index < -0.39 is 0 Å². The molecule has 4 rings (SSSR count). The lowest BCUT2D eigenvalue weighted by Gasteiger charge is -2.19. The smallest absolute Gasteiger partial charge is 0.228 e. The fourth-order valence-corrected chi connectivity index (χ4v) is 4.17. The maximum absolute atomic E-state index is 13.0. The largest absolute Gasteiger partial charge is 0.323 e. The average Bonchev–Trinajstić information content (AvgIpc) is 3.43. The molecule has 1 aliphatic carbocycles. The molecular formula is C22H17Cl2NO. The van der Waals surface area contributed by atoms with Crippen LogP contribution in [0.2, 0.25) is 10.0 Å². The second-order valence-electron chi connectivity index (χ2n) is 6.55. The van der Waals surface area contributed by atoms with E-state index in [1.807, 2.05) is 36.4 Å². The third-order valence-corrected chi connectivity index (χ3v) is 5.70. The van der Waals surface area contributed by atoms with E-state index in [1.54, 1.807) is 18.2 Å². The van der Waals surface area contributed by atoms with Crippen LogP contribution in [0.25, 0.3) is 0 Å². The van der Waals surface area contributed by atoms with Gasteiger partial charge in [0.05, 0.1) is 21.7 Å². The summed E-state index contributed by atoms with van der Waals surface area (Å²) in [7, 11) is 0. The highest BCUT2D eigenvalue weighted by Crippen LogP contribution is 2.59. The van der Waals surface area contributed by atoms with E-state index in [4.69, 9.17) is 23.2 Å². The number of anilines is 1. The van der Waals surface area contributed by atoms with Gasteiger partial charge < -0.3 is 5.32 Å². The molecule has 26 heavy (non-hydrogen) atoms. The van der Waals surface area contributed by atoms with Crippen molar-refractivity contribution in [3.05, 3.63) is 100 Å². The number of hydrogen-bond donors (Lipinski definition) is 1. The van der Waals surface area contributed by atoms with Gasteiger partial charge in [0, 0.05) is 5.41 Å². The Bertz CT molecular complexity index is 881. The van der Waals surface area contributed by atoms with Crippen LogP contribution in [-0.2, 0) is 10.2 Å². The topological polar surface area (TPSA) is 29.1 Å². The number of benzene rings is 3. The molecule has 0 radical (unpaired) electrons. The summed E-state index contributed by atoms with van der Waals surface area (Å²) < 4.78 is 0. The van der Waals surface area contributed by atoms with E-state index in [2.05, 4.69) is 29.6 Å². The second-order valence-corrected chi connectivity index (χ2v) is 7.36. The first-order valence-electron chi connectivity index (χ1n) is 8.49. The minimum absolute atomic E-state index is 0.0623. The van der Waals surface area contributed by atoms with Crippen molar-refractivity contribution in [3.8, 4) is 0 Å². The van der Waals surface area contributed by atoms with Gasteiger partial charge >= 0.3 is 0 Å². The predicted molar refractivity (Wildman–Crippen MR) is 107 cm³/mol. The molecule has 0 bridgehead atoms. The first-order chi connectivity index (χ1) is 12.6. The highest BCUT2D eigenvalue weighted by molar-refractivity contribution is 6.39. The van der Waals surface area contributed by atoms with Crippen LogP contribution in [0.15, 0.2) is 78.9 Å². The Morgan fingerprint density at radius 1 is 0.808 bits per heavy atom. The Balaban J connectivity index is 1.68. The van der Waals surface area contributed by atoms with Crippen LogP contribution >= 0.6 is 23.2 Å². The van der Waals surface area contributed by atoms with Crippen molar-refractivity contribution >= 4 is 34.8 Å². The van der Waals surface area contributed by atoms with Crippen LogP contribution in [0, 0.1) is 5.92 Å². The van der Waals surface area contributed by atoms with Crippen molar-refractivity contribution < 1.29 is 4.79 Å². The molecule has 0 heterocycles. The van der Waals surface area contributed by atoms with Gasteiger partial charge in [-0.3, -0.25) is 4.79 Å². The summed E-state index contributed by atoms with van der Waals surface area (Å²) in [5.41, 5.74) is 2.47. The highest BCUT2D eigenvalue weighted by atomic mass is 35.5. The van der Waals surface area contributed by atoms with E-state index in [1.165, 1.54) is 0 Å². The summed E-state index contributed by atoms with van der Waals surface area (Å²) in [6.45, 7) is 0. The minimum atomic E-state index is -0.305. The SMILES string of the molecule is O=C(Nc1c(Cl)cccc1Cl)[C@@H]1CC1(c1ccccc1)c1ccccc1. The number of halogens is 2. The van der Waals surface area contributed by atoms with Crippen molar-refractivity contribution in [2.45, 2.75) is 11.8 Å². The molecular weight excluding hydrogens is 365 g/mol. The quantitative estimate of drug-likeness (QED) is 0.595.